The first kappa shape index (κ1) is 14.6. The lowest BCUT2D eigenvalue weighted by atomic mass is 9.97. The maximum absolute atomic E-state index is 14.2. The number of hydrogen-bond donors (Lipinski definition) is 1. The molecule has 1 N–H and O–H groups in total. The standard InChI is InChI=1S/C19H14FNO3/c1-9-7-10(2)14-13(8-9)24-18-15(17(14)22)16(21-19(18)23)11-5-3-4-6-12(11)20/h3-8,16H,1-2H3,(H,21,23). The van der Waals surface area contributed by atoms with Gasteiger partial charge in [0, 0.05) is 5.56 Å². The summed E-state index contributed by atoms with van der Waals surface area (Å²) < 4.78 is 19.9. The van der Waals surface area contributed by atoms with Gasteiger partial charge >= 0.3 is 0 Å². The first-order chi connectivity index (χ1) is 11.5. The Morgan fingerprint density at radius 2 is 1.88 bits per heavy atom. The van der Waals surface area contributed by atoms with Crippen LogP contribution in [0.1, 0.15) is 38.9 Å². The molecule has 24 heavy (non-hydrogen) atoms. The van der Waals surface area contributed by atoms with E-state index in [1.54, 1.807) is 24.3 Å². The van der Waals surface area contributed by atoms with Crippen molar-refractivity contribution in [3.8, 4) is 0 Å². The van der Waals surface area contributed by atoms with Crippen LogP contribution in [0.3, 0.4) is 0 Å². The summed E-state index contributed by atoms with van der Waals surface area (Å²) >= 11 is 0. The molecule has 5 heteroatoms. The van der Waals surface area contributed by atoms with E-state index < -0.39 is 17.8 Å². The van der Waals surface area contributed by atoms with Gasteiger partial charge in [-0.1, -0.05) is 24.3 Å². The zero-order valence-corrected chi connectivity index (χ0v) is 13.1. The van der Waals surface area contributed by atoms with Gasteiger partial charge in [-0.3, -0.25) is 9.59 Å². The summed E-state index contributed by atoms with van der Waals surface area (Å²) in [5.74, 6) is -1.02. The van der Waals surface area contributed by atoms with E-state index in [2.05, 4.69) is 5.32 Å². The molecule has 0 saturated heterocycles. The topological polar surface area (TPSA) is 59.3 Å². The monoisotopic (exact) mass is 323 g/mol. The van der Waals surface area contributed by atoms with Crippen molar-refractivity contribution in [2.45, 2.75) is 19.9 Å². The first-order valence-corrected chi connectivity index (χ1v) is 7.60. The molecule has 1 atom stereocenters. The number of hydrogen-bond acceptors (Lipinski definition) is 3. The molecule has 0 saturated carbocycles. The number of aryl methyl sites for hydroxylation is 2. The predicted octanol–water partition coefficient (Wildman–Crippen LogP) is 3.38. The predicted molar refractivity (Wildman–Crippen MR) is 87.7 cm³/mol. The minimum Gasteiger partial charge on any atom is -0.450 e. The minimum atomic E-state index is -0.838. The molecule has 0 aliphatic carbocycles. The van der Waals surface area contributed by atoms with Crippen LogP contribution >= 0.6 is 0 Å². The third-order valence-corrected chi connectivity index (χ3v) is 4.36. The number of nitrogens with one attached hydrogen (secondary N) is 1. The molecule has 1 aliphatic heterocycles. The van der Waals surface area contributed by atoms with Crippen molar-refractivity contribution in [3.05, 3.63) is 80.5 Å². The van der Waals surface area contributed by atoms with Crippen LogP contribution in [0.25, 0.3) is 11.0 Å². The van der Waals surface area contributed by atoms with Crippen molar-refractivity contribution in [3.63, 3.8) is 0 Å². The first-order valence-electron chi connectivity index (χ1n) is 7.60. The van der Waals surface area contributed by atoms with Crippen LogP contribution in [-0.4, -0.2) is 5.91 Å². The fourth-order valence-electron chi connectivity index (χ4n) is 3.34. The Labute approximate surface area is 136 Å². The Bertz CT molecular complexity index is 1070. The molecule has 1 unspecified atom stereocenters. The van der Waals surface area contributed by atoms with Crippen molar-refractivity contribution < 1.29 is 13.6 Å². The van der Waals surface area contributed by atoms with Crippen LogP contribution in [0.15, 0.2) is 45.6 Å². The summed E-state index contributed by atoms with van der Waals surface area (Å²) in [6, 6.07) is 8.86. The molecule has 0 bridgehead atoms. The average molecular weight is 323 g/mol. The normalized spacial score (nSPS) is 16.3. The second-order valence-corrected chi connectivity index (χ2v) is 6.06. The quantitative estimate of drug-likeness (QED) is 0.747. The molecule has 4 nitrogen and oxygen atoms in total. The van der Waals surface area contributed by atoms with Crippen molar-refractivity contribution in [1.82, 2.24) is 5.32 Å². The second kappa shape index (κ2) is 5.03. The van der Waals surface area contributed by atoms with Crippen LogP contribution in [-0.2, 0) is 0 Å². The van der Waals surface area contributed by atoms with E-state index >= 15 is 0 Å². The van der Waals surface area contributed by atoms with Crippen molar-refractivity contribution >= 4 is 16.9 Å². The zero-order valence-electron chi connectivity index (χ0n) is 13.1. The SMILES string of the molecule is Cc1cc(C)c2c(=O)c3c(oc2c1)C(=O)NC3c1ccccc1F. The lowest BCUT2D eigenvalue weighted by Crippen LogP contribution is -2.23. The van der Waals surface area contributed by atoms with Gasteiger partial charge in [-0.25, -0.2) is 4.39 Å². The van der Waals surface area contributed by atoms with Gasteiger partial charge in [-0.15, -0.1) is 0 Å². The van der Waals surface area contributed by atoms with E-state index in [9.17, 15) is 14.0 Å². The number of benzene rings is 2. The summed E-state index contributed by atoms with van der Waals surface area (Å²) in [5.41, 5.74) is 2.21. The highest BCUT2D eigenvalue weighted by Crippen LogP contribution is 2.32. The van der Waals surface area contributed by atoms with Gasteiger partial charge in [0.15, 0.2) is 5.43 Å². The van der Waals surface area contributed by atoms with Crippen LogP contribution < -0.4 is 10.7 Å². The molecule has 1 amide bonds. The molecule has 1 aliphatic rings. The van der Waals surface area contributed by atoms with E-state index in [4.69, 9.17) is 4.42 Å². The smallest absolute Gasteiger partial charge is 0.288 e. The Morgan fingerprint density at radius 3 is 2.62 bits per heavy atom. The number of carbonyl (C=O) groups is 1. The maximum Gasteiger partial charge on any atom is 0.288 e. The molecule has 4 rings (SSSR count). The third kappa shape index (κ3) is 1.98. The second-order valence-electron chi connectivity index (χ2n) is 6.06. The van der Waals surface area contributed by atoms with Gasteiger partial charge in [0.05, 0.1) is 17.0 Å². The summed E-state index contributed by atoms with van der Waals surface area (Å²) in [7, 11) is 0. The van der Waals surface area contributed by atoms with E-state index in [1.165, 1.54) is 6.07 Å². The fraction of sp³-hybridized carbons (Fsp3) is 0.158. The maximum atomic E-state index is 14.2. The zero-order chi connectivity index (χ0) is 17.0. The highest BCUT2D eigenvalue weighted by molar-refractivity contribution is 5.99. The third-order valence-electron chi connectivity index (χ3n) is 4.36. The largest absolute Gasteiger partial charge is 0.450 e. The molecular weight excluding hydrogens is 309 g/mol. The highest BCUT2D eigenvalue weighted by atomic mass is 19.1. The summed E-state index contributed by atoms with van der Waals surface area (Å²) in [5, 5.41) is 3.08. The summed E-state index contributed by atoms with van der Waals surface area (Å²) in [6.07, 6.45) is 0. The van der Waals surface area contributed by atoms with Crippen molar-refractivity contribution in [1.29, 1.82) is 0 Å². The number of amides is 1. The van der Waals surface area contributed by atoms with Gasteiger partial charge in [0.2, 0.25) is 5.76 Å². The van der Waals surface area contributed by atoms with Crippen molar-refractivity contribution in [2.24, 2.45) is 0 Å². The summed E-state index contributed by atoms with van der Waals surface area (Å²) in [4.78, 5) is 25.3. The Hall–Kier alpha value is -2.95. The van der Waals surface area contributed by atoms with Gasteiger partial charge in [0.1, 0.15) is 11.4 Å². The highest BCUT2D eigenvalue weighted by Gasteiger charge is 2.37. The number of carbonyl (C=O) groups excluding carboxylic acids is 1. The van der Waals surface area contributed by atoms with Crippen LogP contribution in [0.4, 0.5) is 4.39 Å². The van der Waals surface area contributed by atoms with Gasteiger partial charge in [-0.05, 0) is 37.1 Å². The molecule has 2 aromatic carbocycles. The van der Waals surface area contributed by atoms with Gasteiger partial charge in [-0.2, -0.15) is 0 Å². The number of rotatable bonds is 1. The van der Waals surface area contributed by atoms with Crippen LogP contribution in [0.5, 0.6) is 0 Å². The molecule has 1 aromatic heterocycles. The summed E-state index contributed by atoms with van der Waals surface area (Å²) in [6.45, 7) is 3.71. The molecule has 0 radical (unpaired) electrons. The Balaban J connectivity index is 2.06. The van der Waals surface area contributed by atoms with Gasteiger partial charge in [0.25, 0.3) is 5.91 Å². The molecule has 0 spiro atoms. The molecule has 2 heterocycles. The van der Waals surface area contributed by atoms with Gasteiger partial charge < -0.3 is 9.73 Å². The van der Waals surface area contributed by atoms with E-state index in [0.29, 0.717) is 11.0 Å². The lowest BCUT2D eigenvalue weighted by molar-refractivity contribution is 0.0937. The Kier molecular flexibility index (Phi) is 3.06. The van der Waals surface area contributed by atoms with E-state index in [-0.39, 0.29) is 22.3 Å². The van der Waals surface area contributed by atoms with E-state index in [0.717, 1.165) is 11.1 Å². The van der Waals surface area contributed by atoms with E-state index in [1.807, 2.05) is 19.9 Å². The lowest BCUT2D eigenvalue weighted by Gasteiger charge is -2.12. The molecule has 0 fully saturated rings. The molecule has 120 valence electrons. The molecule has 3 aromatic rings. The number of halogens is 1. The average Bonchev–Trinajstić information content (AvgIpc) is 2.84. The number of fused-ring (bicyclic) bond motifs is 2. The Morgan fingerprint density at radius 1 is 1.12 bits per heavy atom. The molecular formula is C19H14FNO3. The van der Waals surface area contributed by atoms with Crippen molar-refractivity contribution in [2.75, 3.05) is 0 Å². The minimum absolute atomic E-state index is 0.0363. The van der Waals surface area contributed by atoms with Crippen LogP contribution in [0.2, 0.25) is 0 Å². The fourth-order valence-corrected chi connectivity index (χ4v) is 3.34. The van der Waals surface area contributed by atoms with Crippen LogP contribution in [0, 0.1) is 19.7 Å².